The van der Waals surface area contributed by atoms with Crippen molar-refractivity contribution in [1.82, 2.24) is 0 Å². The summed E-state index contributed by atoms with van der Waals surface area (Å²) in [5.74, 6) is 0.229. The summed E-state index contributed by atoms with van der Waals surface area (Å²) < 4.78 is 4.82. The molecule has 1 heterocycles. The van der Waals surface area contributed by atoms with Gasteiger partial charge in [-0.25, -0.2) is 0 Å². The normalized spacial score (nSPS) is 41.0. The molecule has 4 rings (SSSR count). The summed E-state index contributed by atoms with van der Waals surface area (Å²) in [7, 11) is 0. The van der Waals surface area contributed by atoms with Gasteiger partial charge in [0, 0.05) is 0 Å². The number of carbonyl (C=O) groups is 2. The first-order chi connectivity index (χ1) is 8.75. The first kappa shape index (κ1) is 10.3. The minimum atomic E-state index is -0.280. The maximum atomic E-state index is 11.8. The zero-order valence-electron chi connectivity index (χ0n) is 9.91. The molecule has 1 saturated heterocycles. The fourth-order valence-electron chi connectivity index (χ4n) is 4.34. The summed E-state index contributed by atoms with van der Waals surface area (Å²) >= 11 is 0. The summed E-state index contributed by atoms with van der Waals surface area (Å²) in [6.07, 6.45) is 2.04. The van der Waals surface area contributed by atoms with E-state index in [1.54, 1.807) is 0 Å². The van der Waals surface area contributed by atoms with Gasteiger partial charge in [-0.1, -0.05) is 30.3 Å². The fraction of sp³-hybridized carbons (Fsp3) is 0.467. The van der Waals surface area contributed by atoms with Gasteiger partial charge in [0.25, 0.3) is 0 Å². The molecule has 3 nitrogen and oxygen atoms in total. The monoisotopic (exact) mass is 242 g/mol. The number of esters is 2. The highest BCUT2D eigenvalue weighted by Crippen LogP contribution is 2.61. The number of cyclic esters (lactones) is 2. The molecule has 0 spiro atoms. The molecule has 0 amide bonds. The molecular weight excluding hydrogens is 228 g/mol. The van der Waals surface area contributed by atoms with Gasteiger partial charge >= 0.3 is 11.9 Å². The number of benzene rings is 1. The van der Waals surface area contributed by atoms with Crippen molar-refractivity contribution >= 4 is 11.9 Å². The van der Waals surface area contributed by atoms with Gasteiger partial charge in [-0.3, -0.25) is 9.59 Å². The molecule has 1 aromatic rings. The highest BCUT2D eigenvalue weighted by molar-refractivity contribution is 5.97. The van der Waals surface area contributed by atoms with Crippen LogP contribution in [0.1, 0.15) is 24.3 Å². The minimum absolute atomic E-state index is 0.137. The van der Waals surface area contributed by atoms with E-state index in [2.05, 4.69) is 12.1 Å². The van der Waals surface area contributed by atoms with Crippen molar-refractivity contribution in [2.24, 2.45) is 23.7 Å². The van der Waals surface area contributed by atoms with Crippen molar-refractivity contribution in [3.63, 3.8) is 0 Å². The molecule has 1 aliphatic heterocycles. The van der Waals surface area contributed by atoms with Gasteiger partial charge in [0.15, 0.2) is 0 Å². The number of rotatable bonds is 1. The SMILES string of the molecule is O=C1OC(=O)[C@H]2[C@@H]3C[C@H]([C@@H]12)[C@@H](c1ccccc1)C3. The zero-order chi connectivity index (χ0) is 12.3. The topological polar surface area (TPSA) is 43.4 Å². The van der Waals surface area contributed by atoms with Crippen molar-refractivity contribution in [2.45, 2.75) is 18.8 Å². The smallest absolute Gasteiger partial charge is 0.317 e. The summed E-state index contributed by atoms with van der Waals surface area (Å²) in [6.45, 7) is 0. The lowest BCUT2D eigenvalue weighted by Crippen LogP contribution is -2.29. The van der Waals surface area contributed by atoms with Crippen molar-refractivity contribution in [3.8, 4) is 0 Å². The molecule has 2 aliphatic carbocycles. The van der Waals surface area contributed by atoms with E-state index in [-0.39, 0.29) is 23.8 Å². The summed E-state index contributed by atoms with van der Waals surface area (Å²) in [6, 6.07) is 10.3. The first-order valence-corrected chi connectivity index (χ1v) is 6.56. The van der Waals surface area contributed by atoms with Gasteiger partial charge in [0.1, 0.15) is 0 Å². The van der Waals surface area contributed by atoms with Crippen LogP contribution < -0.4 is 0 Å². The molecule has 2 saturated carbocycles. The van der Waals surface area contributed by atoms with Gasteiger partial charge in [-0.2, -0.15) is 0 Å². The van der Waals surface area contributed by atoms with Gasteiger partial charge < -0.3 is 4.74 Å². The largest absolute Gasteiger partial charge is 0.393 e. The highest BCUT2D eigenvalue weighted by atomic mass is 16.6. The van der Waals surface area contributed by atoms with Gasteiger partial charge in [-0.15, -0.1) is 0 Å². The van der Waals surface area contributed by atoms with Gasteiger partial charge in [0.05, 0.1) is 11.8 Å². The molecule has 2 bridgehead atoms. The molecule has 3 fully saturated rings. The van der Waals surface area contributed by atoms with Gasteiger partial charge in [0.2, 0.25) is 0 Å². The van der Waals surface area contributed by atoms with E-state index < -0.39 is 0 Å². The number of hydrogen-bond donors (Lipinski definition) is 0. The Morgan fingerprint density at radius 3 is 2.44 bits per heavy atom. The Kier molecular flexibility index (Phi) is 1.97. The molecule has 0 N–H and O–H groups in total. The third kappa shape index (κ3) is 1.19. The number of fused-ring (bicyclic) bond motifs is 5. The average molecular weight is 242 g/mol. The lowest BCUT2D eigenvalue weighted by molar-refractivity contribution is -0.154. The van der Waals surface area contributed by atoms with Crippen LogP contribution in [0, 0.1) is 23.7 Å². The van der Waals surface area contributed by atoms with Crippen molar-refractivity contribution in [1.29, 1.82) is 0 Å². The van der Waals surface area contributed by atoms with Crippen molar-refractivity contribution in [3.05, 3.63) is 35.9 Å². The second-order valence-corrected chi connectivity index (χ2v) is 5.70. The third-order valence-corrected chi connectivity index (χ3v) is 4.98. The molecule has 0 aromatic heterocycles. The predicted octanol–water partition coefficient (Wildman–Crippen LogP) is 2.13. The van der Waals surface area contributed by atoms with E-state index in [1.807, 2.05) is 18.2 Å². The quantitative estimate of drug-likeness (QED) is 0.559. The van der Waals surface area contributed by atoms with Crippen LogP contribution in [0.15, 0.2) is 30.3 Å². The molecule has 0 unspecified atom stereocenters. The molecule has 1 aromatic carbocycles. The summed E-state index contributed by atoms with van der Waals surface area (Å²) in [5.41, 5.74) is 1.30. The Morgan fingerprint density at radius 1 is 0.944 bits per heavy atom. The molecule has 0 radical (unpaired) electrons. The summed E-state index contributed by atoms with van der Waals surface area (Å²) in [5, 5.41) is 0. The van der Waals surface area contributed by atoms with Crippen LogP contribution in [0.25, 0.3) is 0 Å². The molecule has 5 atom stereocenters. The Bertz CT molecular complexity index is 522. The van der Waals surface area contributed by atoms with E-state index in [9.17, 15) is 9.59 Å². The molecule has 3 heteroatoms. The number of hydrogen-bond acceptors (Lipinski definition) is 3. The second kappa shape index (κ2) is 3.44. The van der Waals surface area contributed by atoms with Crippen LogP contribution in [-0.2, 0) is 14.3 Å². The first-order valence-electron chi connectivity index (χ1n) is 6.56. The predicted molar refractivity (Wildman–Crippen MR) is 63.5 cm³/mol. The maximum absolute atomic E-state index is 11.8. The Labute approximate surface area is 105 Å². The van der Waals surface area contributed by atoms with Crippen LogP contribution in [-0.4, -0.2) is 11.9 Å². The molecule has 92 valence electrons. The molecular formula is C15H14O3. The molecule has 3 aliphatic rings. The van der Waals surface area contributed by atoms with Crippen LogP contribution in [0.3, 0.4) is 0 Å². The Balaban J connectivity index is 1.70. The standard InChI is InChI=1S/C15H14O3/c16-14-12-9-6-10(8-4-2-1-3-5-8)11(7-9)13(12)15(17)18-14/h1-5,9-13H,6-7H2/t9-,10+,11-,12-,13+/m0/s1. The lowest BCUT2D eigenvalue weighted by Gasteiger charge is -2.27. The average Bonchev–Trinajstić information content (AvgIpc) is 3.03. The summed E-state index contributed by atoms with van der Waals surface area (Å²) in [4.78, 5) is 23.4. The molecule has 18 heavy (non-hydrogen) atoms. The lowest BCUT2D eigenvalue weighted by atomic mass is 9.73. The maximum Gasteiger partial charge on any atom is 0.317 e. The van der Waals surface area contributed by atoms with E-state index in [1.165, 1.54) is 5.56 Å². The van der Waals surface area contributed by atoms with Crippen LogP contribution >= 0.6 is 0 Å². The van der Waals surface area contributed by atoms with Crippen LogP contribution in [0.2, 0.25) is 0 Å². The van der Waals surface area contributed by atoms with E-state index in [4.69, 9.17) is 4.74 Å². The Morgan fingerprint density at radius 2 is 1.67 bits per heavy atom. The van der Waals surface area contributed by atoms with E-state index in [0.717, 1.165) is 12.8 Å². The van der Waals surface area contributed by atoms with Crippen LogP contribution in [0.5, 0.6) is 0 Å². The van der Waals surface area contributed by atoms with Crippen molar-refractivity contribution in [2.75, 3.05) is 0 Å². The van der Waals surface area contributed by atoms with Crippen LogP contribution in [0.4, 0.5) is 0 Å². The van der Waals surface area contributed by atoms with Crippen molar-refractivity contribution < 1.29 is 14.3 Å². The minimum Gasteiger partial charge on any atom is -0.393 e. The zero-order valence-corrected chi connectivity index (χ0v) is 9.91. The Hall–Kier alpha value is -1.64. The third-order valence-electron chi connectivity index (χ3n) is 4.98. The highest BCUT2D eigenvalue weighted by Gasteiger charge is 2.62. The number of ether oxygens (including phenoxy) is 1. The fourth-order valence-corrected chi connectivity index (χ4v) is 4.34. The van der Waals surface area contributed by atoms with E-state index in [0.29, 0.717) is 17.8 Å². The second-order valence-electron chi connectivity index (χ2n) is 5.70. The van der Waals surface area contributed by atoms with Gasteiger partial charge in [-0.05, 0) is 36.2 Å². The number of carbonyl (C=O) groups excluding carboxylic acids is 2. The van der Waals surface area contributed by atoms with E-state index >= 15 is 0 Å².